The fraction of sp³-hybridized carbons (Fsp3) is 0.560. The van der Waals surface area contributed by atoms with Gasteiger partial charge in [0.05, 0.1) is 12.8 Å². The number of piperidine rings is 2. The molecule has 4 heterocycles. The lowest BCUT2D eigenvalue weighted by Gasteiger charge is -2.30. The molecule has 2 fully saturated rings. The number of rotatable bonds is 5. The first-order valence-corrected chi connectivity index (χ1v) is 13.1. The van der Waals surface area contributed by atoms with Gasteiger partial charge in [0.1, 0.15) is 5.01 Å². The van der Waals surface area contributed by atoms with Gasteiger partial charge >= 0.3 is 0 Å². The van der Waals surface area contributed by atoms with Gasteiger partial charge in [0.15, 0.2) is 5.82 Å². The molecule has 2 aromatic heterocycles. The third kappa shape index (κ3) is 4.99. The Kier molecular flexibility index (Phi) is 6.63. The summed E-state index contributed by atoms with van der Waals surface area (Å²) in [5.74, 6) is 2.27. The van der Waals surface area contributed by atoms with Crippen LogP contribution >= 0.6 is 11.3 Å². The van der Waals surface area contributed by atoms with Crippen LogP contribution in [0.25, 0.3) is 15.5 Å². The second-order valence-corrected chi connectivity index (χ2v) is 10.9. The van der Waals surface area contributed by atoms with Crippen LogP contribution in [0.2, 0.25) is 0 Å². The van der Waals surface area contributed by atoms with Crippen molar-refractivity contribution in [3.05, 3.63) is 35.7 Å². The zero-order valence-corrected chi connectivity index (χ0v) is 20.8. The largest absolute Gasteiger partial charge is 0.342 e. The Balaban J connectivity index is 1.23. The number of hydrogen-bond donors (Lipinski definition) is 0. The molecule has 0 unspecified atom stereocenters. The molecule has 2 amide bonds. The zero-order valence-electron chi connectivity index (χ0n) is 19.9. The lowest BCUT2D eigenvalue weighted by Crippen LogP contribution is -2.39. The Hall–Kier alpha value is -2.81. The predicted octanol–water partition coefficient (Wildman–Crippen LogP) is 3.45. The Morgan fingerprint density at radius 2 is 1.41 bits per heavy atom. The monoisotopic (exact) mass is 480 g/mol. The Morgan fingerprint density at radius 3 is 2.00 bits per heavy atom. The summed E-state index contributed by atoms with van der Waals surface area (Å²) in [7, 11) is 0. The molecule has 5 rings (SSSR count). The molecular weight excluding hydrogens is 448 g/mol. The summed E-state index contributed by atoms with van der Waals surface area (Å²) < 4.78 is 1.69. The molecule has 0 atom stereocenters. The maximum Gasteiger partial charge on any atom is 0.234 e. The number of amides is 2. The van der Waals surface area contributed by atoms with Crippen molar-refractivity contribution in [3.63, 3.8) is 0 Å². The van der Waals surface area contributed by atoms with E-state index in [1.54, 1.807) is 4.52 Å². The Morgan fingerprint density at radius 1 is 0.853 bits per heavy atom. The summed E-state index contributed by atoms with van der Waals surface area (Å²) in [6.45, 7) is 7.86. The number of carbonyl (C=O) groups is 2. The van der Waals surface area contributed by atoms with Crippen molar-refractivity contribution in [1.82, 2.24) is 29.6 Å². The van der Waals surface area contributed by atoms with Crippen molar-refractivity contribution >= 4 is 28.1 Å². The number of nitrogens with zero attached hydrogens (tertiary/aromatic N) is 6. The van der Waals surface area contributed by atoms with E-state index in [1.807, 2.05) is 34.1 Å². The molecule has 9 heteroatoms. The van der Waals surface area contributed by atoms with Crippen LogP contribution < -0.4 is 0 Å². The molecule has 0 saturated carbocycles. The van der Waals surface area contributed by atoms with E-state index in [0.717, 1.165) is 68.0 Å². The van der Waals surface area contributed by atoms with E-state index < -0.39 is 0 Å². The van der Waals surface area contributed by atoms with E-state index in [0.29, 0.717) is 29.0 Å². The van der Waals surface area contributed by atoms with E-state index in [-0.39, 0.29) is 18.2 Å². The maximum atomic E-state index is 12.7. The van der Waals surface area contributed by atoms with Crippen LogP contribution in [0.4, 0.5) is 0 Å². The minimum absolute atomic E-state index is 0.0907. The van der Waals surface area contributed by atoms with Crippen molar-refractivity contribution in [1.29, 1.82) is 0 Å². The van der Waals surface area contributed by atoms with E-state index in [1.165, 1.54) is 11.3 Å². The van der Waals surface area contributed by atoms with Crippen LogP contribution in [0.1, 0.15) is 50.9 Å². The van der Waals surface area contributed by atoms with Crippen molar-refractivity contribution in [2.24, 2.45) is 11.8 Å². The Labute approximate surface area is 204 Å². The molecular formula is C25H32N6O2S. The van der Waals surface area contributed by atoms with Gasteiger partial charge in [-0.05, 0) is 43.1 Å². The van der Waals surface area contributed by atoms with Gasteiger partial charge in [0.2, 0.25) is 16.8 Å². The average Bonchev–Trinajstić information content (AvgIpc) is 3.42. The first kappa shape index (κ1) is 23.0. The highest BCUT2D eigenvalue weighted by molar-refractivity contribution is 7.19. The molecule has 2 saturated heterocycles. The second-order valence-electron chi connectivity index (χ2n) is 9.89. The molecule has 1 aromatic carbocycles. The van der Waals surface area contributed by atoms with Crippen molar-refractivity contribution < 1.29 is 9.59 Å². The molecule has 0 aliphatic carbocycles. The number of likely N-dealkylation sites (tertiary alicyclic amines) is 2. The molecule has 0 N–H and O–H groups in total. The number of benzene rings is 1. The van der Waals surface area contributed by atoms with Crippen molar-refractivity contribution in [2.45, 2.75) is 52.4 Å². The lowest BCUT2D eigenvalue weighted by molar-refractivity contribution is -0.132. The van der Waals surface area contributed by atoms with Gasteiger partial charge < -0.3 is 9.80 Å². The molecule has 2 aliphatic rings. The number of hydrogen-bond acceptors (Lipinski definition) is 6. The van der Waals surface area contributed by atoms with E-state index in [2.05, 4.69) is 29.1 Å². The standard InChI is InChI=1S/C25H32N6O2S/c1-17-7-11-29(12-8-17)22(32)15-19-3-5-20(6-4-19)24-28-31-21(26-27-25(31)34-24)16-23(33)30-13-9-18(2)10-14-30/h3-6,17-18H,7-16H2,1-2H3. The average molecular weight is 481 g/mol. The van der Waals surface area contributed by atoms with E-state index >= 15 is 0 Å². The lowest BCUT2D eigenvalue weighted by atomic mass is 9.98. The number of carbonyl (C=O) groups excluding carboxylic acids is 2. The summed E-state index contributed by atoms with van der Waals surface area (Å²) >= 11 is 1.45. The summed E-state index contributed by atoms with van der Waals surface area (Å²) in [6, 6.07) is 8.02. The summed E-state index contributed by atoms with van der Waals surface area (Å²) in [5.41, 5.74) is 1.98. The number of fused-ring (bicyclic) bond motifs is 1. The highest BCUT2D eigenvalue weighted by atomic mass is 32.1. The first-order valence-electron chi connectivity index (χ1n) is 12.3. The normalized spacial score (nSPS) is 18.1. The third-order valence-corrected chi connectivity index (χ3v) is 8.14. The predicted molar refractivity (Wildman–Crippen MR) is 131 cm³/mol. The zero-order chi connectivity index (χ0) is 23.7. The van der Waals surface area contributed by atoms with E-state index in [9.17, 15) is 9.59 Å². The maximum absolute atomic E-state index is 12.7. The summed E-state index contributed by atoms with van der Waals surface area (Å²) in [5, 5.41) is 14.0. The molecule has 2 aliphatic heterocycles. The van der Waals surface area contributed by atoms with E-state index in [4.69, 9.17) is 0 Å². The summed E-state index contributed by atoms with van der Waals surface area (Å²) in [6.07, 6.45) is 4.95. The van der Waals surface area contributed by atoms with Gasteiger partial charge in [0, 0.05) is 31.7 Å². The molecule has 8 nitrogen and oxygen atoms in total. The van der Waals surface area contributed by atoms with Gasteiger partial charge in [-0.3, -0.25) is 9.59 Å². The second kappa shape index (κ2) is 9.82. The van der Waals surface area contributed by atoms with Crippen LogP contribution in [-0.4, -0.2) is 67.6 Å². The summed E-state index contributed by atoms with van der Waals surface area (Å²) in [4.78, 5) is 30.0. The minimum Gasteiger partial charge on any atom is -0.342 e. The minimum atomic E-state index is 0.0907. The van der Waals surface area contributed by atoms with Gasteiger partial charge in [-0.25, -0.2) is 0 Å². The SMILES string of the molecule is CC1CCN(C(=O)Cc2ccc(-c3nn4c(CC(=O)N5CCC(C)CC5)nnc4s3)cc2)CC1. The van der Waals surface area contributed by atoms with Crippen molar-refractivity contribution in [2.75, 3.05) is 26.2 Å². The van der Waals surface area contributed by atoms with Gasteiger partial charge in [-0.1, -0.05) is 49.4 Å². The molecule has 0 bridgehead atoms. The van der Waals surface area contributed by atoms with Gasteiger partial charge in [-0.2, -0.15) is 9.61 Å². The topological polar surface area (TPSA) is 83.7 Å². The van der Waals surface area contributed by atoms with Crippen LogP contribution in [-0.2, 0) is 22.4 Å². The molecule has 3 aromatic rings. The highest BCUT2D eigenvalue weighted by Gasteiger charge is 2.23. The molecule has 180 valence electrons. The molecule has 0 radical (unpaired) electrons. The fourth-order valence-electron chi connectivity index (χ4n) is 4.70. The van der Waals surface area contributed by atoms with Crippen LogP contribution in [0.5, 0.6) is 0 Å². The fourth-order valence-corrected chi connectivity index (χ4v) is 5.56. The Bertz CT molecular complexity index is 1150. The first-order chi connectivity index (χ1) is 16.5. The van der Waals surface area contributed by atoms with Crippen LogP contribution in [0, 0.1) is 11.8 Å². The van der Waals surface area contributed by atoms with Crippen LogP contribution in [0.15, 0.2) is 24.3 Å². The quantitative estimate of drug-likeness (QED) is 0.559. The van der Waals surface area contributed by atoms with Crippen molar-refractivity contribution in [3.8, 4) is 10.6 Å². The van der Waals surface area contributed by atoms with Gasteiger partial charge in [-0.15, -0.1) is 10.2 Å². The smallest absolute Gasteiger partial charge is 0.234 e. The molecule has 34 heavy (non-hydrogen) atoms. The van der Waals surface area contributed by atoms with Crippen LogP contribution in [0.3, 0.4) is 0 Å². The molecule has 0 spiro atoms. The highest BCUT2D eigenvalue weighted by Crippen LogP contribution is 2.26. The van der Waals surface area contributed by atoms with Gasteiger partial charge in [0.25, 0.3) is 0 Å². The third-order valence-electron chi connectivity index (χ3n) is 7.19. The number of aromatic nitrogens is 4.